The van der Waals surface area contributed by atoms with Gasteiger partial charge in [0.15, 0.2) is 0 Å². The zero-order valence-electron chi connectivity index (χ0n) is 4.35. The van der Waals surface area contributed by atoms with Gasteiger partial charge in [-0.3, -0.25) is 6.54 Å². The third-order valence-electron chi connectivity index (χ3n) is 0. The van der Waals surface area contributed by atoms with Gasteiger partial charge in [0.1, 0.15) is 0 Å². The average Bonchev–Trinajstić information content (AvgIpc) is 1.39. The summed E-state index contributed by atoms with van der Waals surface area (Å²) >= 11 is 0. The van der Waals surface area contributed by atoms with Crippen LogP contribution in [0, 0.1) is 44.6 Å². The molecule has 0 aliphatic heterocycles. The number of aldehydes is 1. The monoisotopic (exact) mass is 325 g/mol. The first kappa shape index (κ1) is 15.6. The van der Waals surface area contributed by atoms with Crippen molar-refractivity contribution in [2.45, 2.75) is 6.92 Å². The van der Waals surface area contributed by atoms with E-state index < -0.39 is 0 Å². The summed E-state index contributed by atoms with van der Waals surface area (Å²) in [7, 11) is 0. The molecule has 0 bridgehead atoms. The minimum Gasteiger partial charge on any atom is -0.484 e. The summed E-state index contributed by atoms with van der Waals surface area (Å²) in [6.45, 7) is 6.08. The van der Waals surface area contributed by atoms with Crippen molar-refractivity contribution in [3.8, 4) is 0 Å². The van der Waals surface area contributed by atoms with Crippen LogP contribution in [0.4, 0.5) is 0 Å². The first-order valence-electron chi connectivity index (χ1n) is 1.55. The van der Waals surface area contributed by atoms with Crippen LogP contribution >= 0.6 is 0 Å². The van der Waals surface area contributed by atoms with Gasteiger partial charge in [-0.25, -0.2) is 0 Å². The van der Waals surface area contributed by atoms with E-state index in [0.29, 0.717) is 6.29 Å². The molecule has 40 valence electrons. The smallest absolute Gasteiger partial charge is 0.484 e. The zero-order valence-corrected chi connectivity index (χ0v) is 8.51. The fourth-order valence-corrected chi connectivity index (χ4v) is 0. The molecule has 0 aromatic rings. The molecule has 0 spiro atoms. The summed E-state index contributed by atoms with van der Waals surface area (Å²) in [5, 5.41) is 0. The normalized spacial score (nSPS) is 4.29. The first-order chi connectivity index (χ1) is 2.83. The fraction of sp³-hybridized carbons (Fsp3) is 0.250. The predicted molar refractivity (Wildman–Crippen MR) is 25.6 cm³/mol. The van der Waals surface area contributed by atoms with Crippen LogP contribution in [0.2, 0.25) is 0 Å². The number of carbonyl (C=O) groups is 1. The van der Waals surface area contributed by atoms with Gasteiger partial charge in [-0.05, 0) is 6.29 Å². The number of hydrogen-bond donors (Lipinski definition) is 1. The Bertz CT molecular complexity index is 25.7. The SMILES string of the molecule is C[CH-]N.[CH2-]C=O.[U+2]. The van der Waals surface area contributed by atoms with E-state index in [-0.39, 0.29) is 31.1 Å². The molecule has 0 heterocycles. The number of nitrogens with two attached hydrogens (primary N) is 1. The predicted octanol–water partition coefficient (Wildman–Crippen LogP) is 0.146. The molecule has 0 saturated carbocycles. The Balaban J connectivity index is -0.0000000400. The van der Waals surface area contributed by atoms with E-state index >= 15 is 0 Å². The Morgan fingerprint density at radius 1 is 1.86 bits per heavy atom. The minimum atomic E-state index is 0. The number of rotatable bonds is 0. The van der Waals surface area contributed by atoms with Gasteiger partial charge in [0.05, 0.1) is 0 Å². The van der Waals surface area contributed by atoms with Crippen molar-refractivity contribution in [1.82, 2.24) is 0 Å². The van der Waals surface area contributed by atoms with Gasteiger partial charge >= 0.3 is 31.1 Å². The second-order valence-corrected chi connectivity index (χ2v) is 0.500. The molecule has 0 unspecified atom stereocenters. The van der Waals surface area contributed by atoms with E-state index in [0.717, 1.165) is 0 Å². The molecule has 0 aromatic heterocycles. The van der Waals surface area contributed by atoms with Crippen LogP contribution in [0.25, 0.3) is 0 Å². The Morgan fingerprint density at radius 3 is 1.86 bits per heavy atom. The molecule has 2 N–H and O–H groups in total. The van der Waals surface area contributed by atoms with Crippen LogP contribution in [0.5, 0.6) is 0 Å². The van der Waals surface area contributed by atoms with Crippen molar-refractivity contribution in [3.63, 3.8) is 0 Å². The summed E-state index contributed by atoms with van der Waals surface area (Å²) in [6.07, 6.45) is 0.500. The molecule has 0 amide bonds. The first-order valence-corrected chi connectivity index (χ1v) is 1.55. The summed E-state index contributed by atoms with van der Waals surface area (Å²) in [5.41, 5.74) is 4.72. The molecular weight excluding hydrogens is 316 g/mol. The van der Waals surface area contributed by atoms with Gasteiger partial charge in [-0.15, -0.1) is 0 Å². The van der Waals surface area contributed by atoms with E-state index in [1.54, 1.807) is 6.92 Å². The van der Waals surface area contributed by atoms with E-state index in [2.05, 4.69) is 6.92 Å². The zero-order chi connectivity index (χ0) is 5.41. The molecule has 7 heavy (non-hydrogen) atoms. The van der Waals surface area contributed by atoms with Crippen molar-refractivity contribution < 1.29 is 35.9 Å². The third-order valence-corrected chi connectivity index (χ3v) is 0. The second kappa shape index (κ2) is 31.0. The van der Waals surface area contributed by atoms with Gasteiger partial charge < -0.3 is 17.5 Å². The van der Waals surface area contributed by atoms with Crippen molar-refractivity contribution in [1.29, 1.82) is 0 Å². The van der Waals surface area contributed by atoms with Crippen LogP contribution in [-0.2, 0) is 4.79 Å². The average molecular weight is 325 g/mol. The second-order valence-electron chi connectivity index (χ2n) is 0.500. The molecule has 3 heteroatoms. The van der Waals surface area contributed by atoms with E-state index in [4.69, 9.17) is 10.5 Å². The van der Waals surface area contributed by atoms with E-state index in [9.17, 15) is 0 Å². The van der Waals surface area contributed by atoms with Gasteiger partial charge in [0.2, 0.25) is 0 Å². The maximum Gasteiger partial charge on any atom is 2.00 e. The Kier molecular flexibility index (Phi) is 69.3. The van der Waals surface area contributed by atoms with Gasteiger partial charge in [0, 0.05) is 0 Å². The van der Waals surface area contributed by atoms with Crippen molar-refractivity contribution >= 4 is 6.29 Å². The molecule has 0 rings (SSSR count). The van der Waals surface area contributed by atoms with Gasteiger partial charge in [-0.2, -0.15) is 6.92 Å². The Hall–Kier alpha value is 0.552. The van der Waals surface area contributed by atoms with Gasteiger partial charge in [0.25, 0.3) is 0 Å². The van der Waals surface area contributed by atoms with Crippen LogP contribution < -0.4 is 5.73 Å². The minimum absolute atomic E-state index is 0. The largest absolute Gasteiger partial charge is 2.00 e. The molecule has 0 aromatic carbocycles. The maximum absolute atomic E-state index is 8.69. The molecule has 0 saturated heterocycles. The van der Waals surface area contributed by atoms with Crippen LogP contribution in [0.15, 0.2) is 0 Å². The number of carbonyl (C=O) groups excluding carboxylic acids is 1. The van der Waals surface area contributed by atoms with E-state index in [1.165, 1.54) is 6.54 Å². The van der Waals surface area contributed by atoms with Crippen molar-refractivity contribution in [3.05, 3.63) is 13.5 Å². The summed E-state index contributed by atoms with van der Waals surface area (Å²) < 4.78 is 0. The topological polar surface area (TPSA) is 43.1 Å². The van der Waals surface area contributed by atoms with Crippen LogP contribution in [-0.4, -0.2) is 6.29 Å². The quantitative estimate of drug-likeness (QED) is 0.509. The van der Waals surface area contributed by atoms with Crippen LogP contribution in [0.3, 0.4) is 0 Å². The molecular formula is C4H9NOU. The summed E-state index contributed by atoms with van der Waals surface area (Å²) in [5.74, 6) is 0. The summed E-state index contributed by atoms with van der Waals surface area (Å²) in [6, 6.07) is 0. The third kappa shape index (κ3) is 446. The number of hydrogen-bond acceptors (Lipinski definition) is 2. The molecule has 0 radical (unpaired) electrons. The molecule has 0 aliphatic rings. The Morgan fingerprint density at radius 2 is 1.86 bits per heavy atom. The molecule has 0 aliphatic carbocycles. The fourth-order valence-electron chi connectivity index (χ4n) is 0. The molecule has 2 nitrogen and oxygen atoms in total. The molecule has 0 atom stereocenters. The maximum atomic E-state index is 8.69. The standard InChI is InChI=1S/C2H6N.C2H3O.U/c2*1-2-3;/h2H,3H2,1H3;2H,1H2;/q2*-1;+2. The van der Waals surface area contributed by atoms with Crippen molar-refractivity contribution in [2.75, 3.05) is 0 Å². The van der Waals surface area contributed by atoms with Crippen molar-refractivity contribution in [2.24, 2.45) is 5.73 Å². The van der Waals surface area contributed by atoms with E-state index in [1.807, 2.05) is 0 Å². The van der Waals surface area contributed by atoms with Gasteiger partial charge in [-0.1, -0.05) is 0 Å². The van der Waals surface area contributed by atoms with Crippen LogP contribution in [0.1, 0.15) is 6.92 Å². The summed E-state index contributed by atoms with van der Waals surface area (Å²) in [4.78, 5) is 8.69. The Labute approximate surface area is 68.2 Å². The molecule has 0 fully saturated rings.